The van der Waals surface area contributed by atoms with Gasteiger partial charge in [-0.1, -0.05) is 17.7 Å². The molecular formula is C15H18O5S. The predicted molar refractivity (Wildman–Crippen MR) is 77.3 cm³/mol. The van der Waals surface area contributed by atoms with Crippen LogP contribution in [-0.2, 0) is 21.1 Å². The number of aliphatic carboxylic acids is 1. The van der Waals surface area contributed by atoms with E-state index in [0.717, 1.165) is 16.9 Å². The summed E-state index contributed by atoms with van der Waals surface area (Å²) in [5.74, 6) is -0.561. The fourth-order valence-electron chi connectivity index (χ4n) is 3.33. The number of benzene rings is 1. The van der Waals surface area contributed by atoms with Gasteiger partial charge in [0.2, 0.25) is 0 Å². The van der Waals surface area contributed by atoms with Crippen molar-refractivity contribution in [2.45, 2.75) is 32.3 Å². The van der Waals surface area contributed by atoms with E-state index in [1.807, 2.05) is 25.1 Å². The van der Waals surface area contributed by atoms with E-state index in [0.29, 0.717) is 6.42 Å². The molecule has 2 aliphatic heterocycles. The Balaban J connectivity index is 1.79. The van der Waals surface area contributed by atoms with Gasteiger partial charge in [0.1, 0.15) is 11.9 Å². The van der Waals surface area contributed by atoms with Crippen LogP contribution in [0.1, 0.15) is 24.0 Å². The molecule has 1 fully saturated rings. The fourth-order valence-corrected chi connectivity index (χ4v) is 5.41. The molecule has 0 saturated carbocycles. The Bertz CT molecular complexity index is 694. The number of fused-ring (bicyclic) bond motifs is 1. The quantitative estimate of drug-likeness (QED) is 0.916. The second-order valence-electron chi connectivity index (χ2n) is 6.19. The molecule has 2 aliphatic rings. The minimum atomic E-state index is -3.25. The largest absolute Gasteiger partial charge is 0.490 e. The molecule has 3 rings (SSSR count). The molecule has 0 aromatic heterocycles. The zero-order valence-corrected chi connectivity index (χ0v) is 12.6. The Morgan fingerprint density at radius 1 is 1.48 bits per heavy atom. The molecule has 2 unspecified atom stereocenters. The van der Waals surface area contributed by atoms with Gasteiger partial charge in [0, 0.05) is 12.8 Å². The molecular weight excluding hydrogens is 292 g/mol. The summed E-state index contributed by atoms with van der Waals surface area (Å²) in [5.41, 5.74) is 1.01. The monoisotopic (exact) mass is 310 g/mol. The highest BCUT2D eigenvalue weighted by Gasteiger charge is 2.50. The van der Waals surface area contributed by atoms with Gasteiger partial charge in [0.25, 0.3) is 0 Å². The SMILES string of the molecule is Cc1ccc2c(c1)CC(CC1(C(=O)O)CCS(=O)(=O)C1)O2. The third-order valence-corrected chi connectivity index (χ3v) is 6.24. The third kappa shape index (κ3) is 2.64. The van der Waals surface area contributed by atoms with E-state index in [1.54, 1.807) is 0 Å². The number of sulfone groups is 1. The Morgan fingerprint density at radius 2 is 2.24 bits per heavy atom. The second kappa shape index (κ2) is 4.73. The van der Waals surface area contributed by atoms with Crippen LogP contribution < -0.4 is 4.74 Å². The van der Waals surface area contributed by atoms with Crippen molar-refractivity contribution in [3.05, 3.63) is 29.3 Å². The molecule has 0 aliphatic carbocycles. The first-order chi connectivity index (χ1) is 9.80. The minimum Gasteiger partial charge on any atom is -0.490 e. The van der Waals surface area contributed by atoms with Gasteiger partial charge in [0.15, 0.2) is 9.84 Å². The molecule has 1 N–H and O–H groups in total. The number of hydrogen-bond donors (Lipinski definition) is 1. The maximum absolute atomic E-state index is 11.7. The van der Waals surface area contributed by atoms with Crippen LogP contribution >= 0.6 is 0 Å². The van der Waals surface area contributed by atoms with Crippen molar-refractivity contribution in [2.75, 3.05) is 11.5 Å². The van der Waals surface area contributed by atoms with Gasteiger partial charge >= 0.3 is 5.97 Å². The van der Waals surface area contributed by atoms with Gasteiger partial charge in [-0.3, -0.25) is 4.79 Å². The topological polar surface area (TPSA) is 80.7 Å². The number of aryl methyl sites for hydroxylation is 1. The van der Waals surface area contributed by atoms with Crippen molar-refractivity contribution in [1.29, 1.82) is 0 Å². The minimum absolute atomic E-state index is 0.0436. The van der Waals surface area contributed by atoms with Crippen molar-refractivity contribution in [3.8, 4) is 5.75 Å². The highest BCUT2D eigenvalue weighted by molar-refractivity contribution is 7.91. The van der Waals surface area contributed by atoms with E-state index in [-0.39, 0.29) is 30.5 Å². The summed E-state index contributed by atoms with van der Waals surface area (Å²) in [6.45, 7) is 2.00. The molecule has 2 atom stereocenters. The summed E-state index contributed by atoms with van der Waals surface area (Å²) in [6, 6.07) is 5.88. The van der Waals surface area contributed by atoms with Crippen molar-refractivity contribution >= 4 is 15.8 Å². The lowest BCUT2D eigenvalue weighted by Gasteiger charge is -2.25. The average Bonchev–Trinajstić information content (AvgIpc) is 2.90. The molecule has 0 spiro atoms. The molecule has 1 aromatic rings. The van der Waals surface area contributed by atoms with E-state index in [2.05, 4.69) is 0 Å². The molecule has 114 valence electrons. The Morgan fingerprint density at radius 3 is 2.86 bits per heavy atom. The van der Waals surface area contributed by atoms with Crippen LogP contribution in [-0.4, -0.2) is 37.1 Å². The van der Waals surface area contributed by atoms with Gasteiger partial charge in [-0.15, -0.1) is 0 Å². The Kier molecular flexibility index (Phi) is 3.24. The van der Waals surface area contributed by atoms with Crippen LogP contribution in [0.2, 0.25) is 0 Å². The number of carboxylic acids is 1. The van der Waals surface area contributed by atoms with E-state index in [1.165, 1.54) is 0 Å². The highest BCUT2D eigenvalue weighted by Crippen LogP contribution is 2.41. The Labute approximate surface area is 123 Å². The predicted octanol–water partition coefficient (Wildman–Crippen LogP) is 1.58. The summed E-state index contributed by atoms with van der Waals surface area (Å²) in [7, 11) is -3.25. The third-order valence-electron chi connectivity index (χ3n) is 4.42. The first kappa shape index (κ1) is 14.4. The number of carbonyl (C=O) groups is 1. The highest BCUT2D eigenvalue weighted by atomic mass is 32.2. The van der Waals surface area contributed by atoms with Gasteiger partial charge in [-0.25, -0.2) is 8.42 Å². The normalized spacial score (nSPS) is 29.9. The van der Waals surface area contributed by atoms with E-state index >= 15 is 0 Å². The Hall–Kier alpha value is -1.56. The number of ether oxygens (including phenoxy) is 1. The molecule has 2 heterocycles. The van der Waals surface area contributed by atoms with Crippen LogP contribution in [0.15, 0.2) is 18.2 Å². The average molecular weight is 310 g/mol. The van der Waals surface area contributed by atoms with Crippen molar-refractivity contribution in [1.82, 2.24) is 0 Å². The molecule has 0 amide bonds. The van der Waals surface area contributed by atoms with E-state index in [9.17, 15) is 18.3 Å². The van der Waals surface area contributed by atoms with Gasteiger partial charge in [-0.05, 0) is 25.0 Å². The molecule has 5 nitrogen and oxygen atoms in total. The van der Waals surface area contributed by atoms with Crippen LogP contribution in [0.5, 0.6) is 5.75 Å². The van der Waals surface area contributed by atoms with Crippen LogP contribution in [0, 0.1) is 12.3 Å². The summed E-state index contributed by atoms with van der Waals surface area (Å²) < 4.78 is 29.2. The first-order valence-electron chi connectivity index (χ1n) is 7.00. The van der Waals surface area contributed by atoms with Gasteiger partial charge in [0.05, 0.1) is 16.9 Å². The van der Waals surface area contributed by atoms with Crippen molar-refractivity contribution in [2.24, 2.45) is 5.41 Å². The molecule has 0 radical (unpaired) electrons. The van der Waals surface area contributed by atoms with Crippen molar-refractivity contribution < 1.29 is 23.1 Å². The van der Waals surface area contributed by atoms with Crippen molar-refractivity contribution in [3.63, 3.8) is 0 Å². The number of hydrogen-bond acceptors (Lipinski definition) is 4. The lowest BCUT2D eigenvalue weighted by atomic mass is 9.81. The van der Waals surface area contributed by atoms with Crippen LogP contribution in [0.4, 0.5) is 0 Å². The zero-order chi connectivity index (χ0) is 15.3. The summed E-state index contributed by atoms with van der Waals surface area (Å²) >= 11 is 0. The second-order valence-corrected chi connectivity index (χ2v) is 8.37. The summed E-state index contributed by atoms with van der Waals surface area (Å²) in [5, 5.41) is 9.50. The number of rotatable bonds is 3. The van der Waals surface area contributed by atoms with Gasteiger partial charge in [-0.2, -0.15) is 0 Å². The maximum atomic E-state index is 11.7. The van der Waals surface area contributed by atoms with E-state index in [4.69, 9.17) is 4.74 Å². The zero-order valence-electron chi connectivity index (χ0n) is 11.8. The maximum Gasteiger partial charge on any atom is 0.310 e. The molecule has 1 saturated heterocycles. The lowest BCUT2D eigenvalue weighted by molar-refractivity contribution is -0.148. The molecule has 1 aromatic carbocycles. The number of carboxylic acid groups (broad SMARTS) is 1. The van der Waals surface area contributed by atoms with Crippen LogP contribution in [0.3, 0.4) is 0 Å². The molecule has 21 heavy (non-hydrogen) atoms. The van der Waals surface area contributed by atoms with Gasteiger partial charge < -0.3 is 9.84 Å². The first-order valence-corrected chi connectivity index (χ1v) is 8.82. The molecule has 6 heteroatoms. The lowest BCUT2D eigenvalue weighted by Crippen LogP contribution is -2.37. The molecule has 0 bridgehead atoms. The van der Waals surface area contributed by atoms with E-state index < -0.39 is 21.2 Å². The standard InChI is InChI=1S/C15H18O5S/c1-10-2-3-13-11(6-10)7-12(20-13)8-15(14(16)17)4-5-21(18,19)9-15/h2-3,6,12H,4-5,7-9H2,1H3,(H,16,17). The smallest absolute Gasteiger partial charge is 0.310 e. The fraction of sp³-hybridized carbons (Fsp3) is 0.533. The summed E-state index contributed by atoms with van der Waals surface area (Å²) in [6.07, 6.45) is 0.813. The summed E-state index contributed by atoms with van der Waals surface area (Å²) in [4.78, 5) is 11.6. The van der Waals surface area contributed by atoms with Crippen LogP contribution in [0.25, 0.3) is 0 Å².